The van der Waals surface area contributed by atoms with Crippen LogP contribution >= 0.6 is 11.8 Å². The van der Waals surface area contributed by atoms with Crippen molar-refractivity contribution in [3.63, 3.8) is 0 Å². The van der Waals surface area contributed by atoms with Gasteiger partial charge in [-0.2, -0.15) is 11.8 Å². The second kappa shape index (κ2) is 6.72. The van der Waals surface area contributed by atoms with Crippen molar-refractivity contribution in [2.45, 2.75) is 39.0 Å². The van der Waals surface area contributed by atoms with Crippen molar-refractivity contribution >= 4 is 11.8 Å². The molecule has 0 aliphatic carbocycles. The molecule has 1 nitrogen and oxygen atoms in total. The lowest BCUT2D eigenvalue weighted by Gasteiger charge is -2.29. The van der Waals surface area contributed by atoms with E-state index in [2.05, 4.69) is 18.7 Å². The summed E-state index contributed by atoms with van der Waals surface area (Å²) in [6.07, 6.45) is 6.36. The van der Waals surface area contributed by atoms with Crippen LogP contribution in [-0.2, 0) is 0 Å². The first-order valence-corrected chi connectivity index (χ1v) is 6.72. The van der Waals surface area contributed by atoms with Gasteiger partial charge in [0, 0.05) is 6.61 Å². The van der Waals surface area contributed by atoms with Crippen molar-refractivity contribution in [3.05, 3.63) is 0 Å². The molecule has 0 aromatic carbocycles. The van der Waals surface area contributed by atoms with E-state index in [0.29, 0.717) is 6.61 Å². The Balaban J connectivity index is 2.26. The maximum Gasteiger partial charge on any atom is 0.0431 e. The topological polar surface area (TPSA) is 20.2 Å². The molecule has 1 unspecified atom stereocenters. The van der Waals surface area contributed by atoms with Gasteiger partial charge in [0.15, 0.2) is 0 Å². The van der Waals surface area contributed by atoms with Crippen molar-refractivity contribution in [1.29, 1.82) is 0 Å². The molecule has 0 bridgehead atoms. The van der Waals surface area contributed by atoms with Crippen molar-refractivity contribution < 1.29 is 5.11 Å². The average molecular weight is 202 g/mol. The van der Waals surface area contributed by atoms with Gasteiger partial charge >= 0.3 is 0 Å². The molecular weight excluding hydrogens is 180 g/mol. The maximum atomic E-state index is 8.80. The lowest BCUT2D eigenvalue weighted by molar-refractivity contribution is 0.233. The van der Waals surface area contributed by atoms with Gasteiger partial charge in [-0.05, 0) is 49.0 Å². The van der Waals surface area contributed by atoms with Gasteiger partial charge in [0.25, 0.3) is 0 Å². The Morgan fingerprint density at radius 1 is 1.38 bits per heavy atom. The van der Waals surface area contributed by atoms with Crippen LogP contribution in [0.3, 0.4) is 0 Å². The third kappa shape index (κ3) is 3.90. The van der Waals surface area contributed by atoms with Crippen LogP contribution in [0.15, 0.2) is 0 Å². The van der Waals surface area contributed by atoms with E-state index in [0.717, 1.165) is 18.3 Å². The third-order valence-corrected chi connectivity index (χ3v) is 4.24. The normalized spacial score (nSPS) is 21.7. The predicted octanol–water partition coefficient (Wildman–Crippen LogP) is 2.93. The number of hydrogen-bond acceptors (Lipinski definition) is 2. The average Bonchev–Trinajstić information content (AvgIpc) is 2.21. The van der Waals surface area contributed by atoms with Gasteiger partial charge in [0.05, 0.1) is 0 Å². The first-order valence-electron chi connectivity index (χ1n) is 5.57. The molecule has 0 aromatic rings. The summed E-state index contributed by atoms with van der Waals surface area (Å²) in [6.45, 7) is 2.67. The summed E-state index contributed by atoms with van der Waals surface area (Å²) < 4.78 is 0. The highest BCUT2D eigenvalue weighted by molar-refractivity contribution is 7.99. The Hall–Kier alpha value is 0.310. The Morgan fingerprint density at radius 2 is 2.08 bits per heavy atom. The number of aliphatic hydroxyl groups excluding tert-OH is 1. The summed E-state index contributed by atoms with van der Waals surface area (Å²) >= 11 is 2.10. The van der Waals surface area contributed by atoms with Gasteiger partial charge in [-0.3, -0.25) is 0 Å². The standard InChI is InChI=1S/C11H22OS/c1-2-10(4-3-7-12)11-5-8-13-9-6-11/h10-12H,2-9H2,1H3. The highest BCUT2D eigenvalue weighted by Gasteiger charge is 2.21. The van der Waals surface area contributed by atoms with Crippen LogP contribution in [0.5, 0.6) is 0 Å². The molecule has 1 rings (SSSR count). The van der Waals surface area contributed by atoms with Crippen LogP contribution in [0.1, 0.15) is 39.0 Å². The number of aliphatic hydroxyl groups is 1. The third-order valence-electron chi connectivity index (χ3n) is 3.19. The maximum absolute atomic E-state index is 8.80. The molecule has 0 aromatic heterocycles. The van der Waals surface area contributed by atoms with Crippen molar-refractivity contribution in [2.24, 2.45) is 11.8 Å². The monoisotopic (exact) mass is 202 g/mol. The zero-order valence-corrected chi connectivity index (χ0v) is 9.48. The van der Waals surface area contributed by atoms with Crippen LogP contribution in [0.2, 0.25) is 0 Å². The molecule has 1 atom stereocenters. The number of hydrogen-bond donors (Lipinski definition) is 1. The smallest absolute Gasteiger partial charge is 0.0431 e. The predicted molar refractivity (Wildman–Crippen MR) is 60.1 cm³/mol. The molecule has 0 spiro atoms. The molecule has 0 amide bonds. The molecule has 0 radical (unpaired) electrons. The quantitative estimate of drug-likeness (QED) is 0.739. The van der Waals surface area contributed by atoms with Crippen LogP contribution in [-0.4, -0.2) is 23.2 Å². The van der Waals surface area contributed by atoms with Gasteiger partial charge in [-0.15, -0.1) is 0 Å². The molecule has 0 saturated carbocycles. The Kier molecular flexibility index (Phi) is 5.88. The van der Waals surface area contributed by atoms with E-state index in [-0.39, 0.29) is 0 Å². The summed E-state index contributed by atoms with van der Waals surface area (Å²) in [5.74, 6) is 4.56. The second-order valence-electron chi connectivity index (χ2n) is 3.98. The Bertz CT molecular complexity index is 121. The lowest BCUT2D eigenvalue weighted by Crippen LogP contribution is -2.19. The number of thioether (sulfide) groups is 1. The summed E-state index contributed by atoms with van der Waals surface area (Å²) in [6, 6.07) is 0. The molecular formula is C11H22OS. The van der Waals surface area contributed by atoms with Crippen molar-refractivity contribution in [3.8, 4) is 0 Å². The van der Waals surface area contributed by atoms with Crippen molar-refractivity contribution in [1.82, 2.24) is 0 Å². The van der Waals surface area contributed by atoms with Gasteiger partial charge in [0.2, 0.25) is 0 Å². The summed E-state index contributed by atoms with van der Waals surface area (Å²) in [4.78, 5) is 0. The summed E-state index contributed by atoms with van der Waals surface area (Å²) in [5.41, 5.74) is 0. The van der Waals surface area contributed by atoms with Crippen LogP contribution in [0.4, 0.5) is 0 Å². The molecule has 1 saturated heterocycles. The minimum absolute atomic E-state index is 0.373. The molecule has 2 heteroatoms. The minimum atomic E-state index is 0.373. The second-order valence-corrected chi connectivity index (χ2v) is 5.21. The van der Waals surface area contributed by atoms with Gasteiger partial charge in [-0.1, -0.05) is 13.3 Å². The SMILES string of the molecule is CCC(CCCO)C1CCSCC1. The van der Waals surface area contributed by atoms with Gasteiger partial charge < -0.3 is 5.11 Å². The molecule has 1 fully saturated rings. The summed E-state index contributed by atoms with van der Waals surface area (Å²) in [5, 5.41) is 8.80. The van der Waals surface area contributed by atoms with E-state index >= 15 is 0 Å². The van der Waals surface area contributed by atoms with Gasteiger partial charge in [-0.25, -0.2) is 0 Å². The fourth-order valence-electron chi connectivity index (χ4n) is 2.31. The molecule has 1 aliphatic heterocycles. The zero-order valence-electron chi connectivity index (χ0n) is 8.67. The highest BCUT2D eigenvalue weighted by atomic mass is 32.2. The largest absolute Gasteiger partial charge is 0.396 e. The molecule has 1 aliphatic rings. The first kappa shape index (κ1) is 11.4. The molecule has 1 N–H and O–H groups in total. The van der Waals surface area contributed by atoms with Crippen LogP contribution < -0.4 is 0 Å². The fraction of sp³-hybridized carbons (Fsp3) is 1.00. The van der Waals surface area contributed by atoms with Crippen LogP contribution in [0, 0.1) is 11.8 Å². The van der Waals surface area contributed by atoms with E-state index in [9.17, 15) is 0 Å². The first-order chi connectivity index (χ1) is 6.38. The molecule has 13 heavy (non-hydrogen) atoms. The number of rotatable bonds is 5. The lowest BCUT2D eigenvalue weighted by atomic mass is 9.83. The van der Waals surface area contributed by atoms with E-state index in [1.54, 1.807) is 0 Å². The molecule has 1 heterocycles. The van der Waals surface area contributed by atoms with E-state index in [1.807, 2.05) is 0 Å². The molecule has 78 valence electrons. The van der Waals surface area contributed by atoms with E-state index in [4.69, 9.17) is 5.11 Å². The Labute approximate surface area is 86.3 Å². The highest BCUT2D eigenvalue weighted by Crippen LogP contribution is 2.32. The Morgan fingerprint density at radius 3 is 2.62 bits per heavy atom. The van der Waals surface area contributed by atoms with Crippen molar-refractivity contribution in [2.75, 3.05) is 18.1 Å². The van der Waals surface area contributed by atoms with E-state index < -0.39 is 0 Å². The van der Waals surface area contributed by atoms with Gasteiger partial charge in [0.1, 0.15) is 0 Å². The summed E-state index contributed by atoms with van der Waals surface area (Å²) in [7, 11) is 0. The zero-order chi connectivity index (χ0) is 9.52. The van der Waals surface area contributed by atoms with E-state index in [1.165, 1.54) is 37.2 Å². The van der Waals surface area contributed by atoms with Crippen LogP contribution in [0.25, 0.3) is 0 Å². The minimum Gasteiger partial charge on any atom is -0.396 e. The fourth-order valence-corrected chi connectivity index (χ4v) is 3.46.